The first-order chi connectivity index (χ1) is 8.81. The highest BCUT2D eigenvalue weighted by atomic mass is 16.3. The second-order valence-corrected chi connectivity index (χ2v) is 5.56. The molecule has 0 atom stereocenters. The zero-order valence-electron chi connectivity index (χ0n) is 11.1. The van der Waals surface area contributed by atoms with Gasteiger partial charge in [-0.15, -0.1) is 0 Å². The molecule has 0 aromatic carbocycles. The maximum absolute atomic E-state index is 5.60. The fourth-order valence-corrected chi connectivity index (χ4v) is 2.38. The zero-order valence-corrected chi connectivity index (χ0v) is 11.1. The molecular formula is C15H22N2O. The molecule has 0 radical (unpaired) electrons. The molecule has 1 fully saturated rings. The molecule has 3 heteroatoms. The van der Waals surface area contributed by atoms with Crippen LogP contribution in [0.25, 0.3) is 0 Å². The van der Waals surface area contributed by atoms with Crippen LogP contribution < -0.4 is 5.32 Å². The van der Waals surface area contributed by atoms with Crippen molar-refractivity contribution in [2.45, 2.75) is 45.3 Å². The summed E-state index contributed by atoms with van der Waals surface area (Å²) < 4.78 is 5.60. The van der Waals surface area contributed by atoms with E-state index < -0.39 is 0 Å². The Morgan fingerprint density at radius 2 is 2.33 bits per heavy atom. The van der Waals surface area contributed by atoms with Crippen LogP contribution in [0.5, 0.6) is 0 Å². The Labute approximate surface area is 109 Å². The van der Waals surface area contributed by atoms with Crippen molar-refractivity contribution in [1.82, 2.24) is 10.2 Å². The molecule has 98 valence electrons. The van der Waals surface area contributed by atoms with Crippen LogP contribution in [0, 0.1) is 0 Å². The minimum absolute atomic E-state index is 0.739. The van der Waals surface area contributed by atoms with E-state index in [1.807, 2.05) is 6.26 Å². The summed E-state index contributed by atoms with van der Waals surface area (Å²) in [6.07, 6.45) is 8.02. The first-order valence-corrected chi connectivity index (χ1v) is 6.98. The molecule has 1 N–H and O–H groups in total. The molecule has 1 aliphatic heterocycles. The van der Waals surface area contributed by atoms with Crippen LogP contribution in [0.3, 0.4) is 0 Å². The summed E-state index contributed by atoms with van der Waals surface area (Å²) in [7, 11) is 0. The first-order valence-electron chi connectivity index (χ1n) is 6.98. The number of hydrogen-bond acceptors (Lipinski definition) is 3. The molecule has 2 aliphatic rings. The Bertz CT molecular complexity index is 431. The highest BCUT2D eigenvalue weighted by Crippen LogP contribution is 2.21. The van der Waals surface area contributed by atoms with Gasteiger partial charge < -0.3 is 9.73 Å². The summed E-state index contributed by atoms with van der Waals surface area (Å²) in [5.41, 5.74) is 2.87. The Kier molecular flexibility index (Phi) is 3.52. The van der Waals surface area contributed by atoms with Crippen molar-refractivity contribution in [3.8, 4) is 0 Å². The molecule has 2 heterocycles. The van der Waals surface area contributed by atoms with Crippen molar-refractivity contribution in [3.05, 3.63) is 35.3 Å². The molecule has 1 aromatic rings. The lowest BCUT2D eigenvalue weighted by Crippen LogP contribution is -2.28. The van der Waals surface area contributed by atoms with Gasteiger partial charge in [-0.05, 0) is 32.3 Å². The van der Waals surface area contributed by atoms with E-state index in [-0.39, 0.29) is 0 Å². The van der Waals surface area contributed by atoms with Crippen molar-refractivity contribution in [1.29, 1.82) is 0 Å². The van der Waals surface area contributed by atoms with Gasteiger partial charge in [-0.1, -0.05) is 11.6 Å². The van der Waals surface area contributed by atoms with E-state index in [4.69, 9.17) is 4.42 Å². The highest BCUT2D eigenvalue weighted by Gasteiger charge is 2.21. The van der Waals surface area contributed by atoms with E-state index in [0.29, 0.717) is 0 Å². The summed E-state index contributed by atoms with van der Waals surface area (Å²) in [5, 5.41) is 3.52. The molecule has 0 saturated heterocycles. The fourth-order valence-electron chi connectivity index (χ4n) is 2.38. The van der Waals surface area contributed by atoms with Crippen LogP contribution in [0.2, 0.25) is 0 Å². The third-order valence-electron chi connectivity index (χ3n) is 3.88. The predicted octanol–water partition coefficient (Wildman–Crippen LogP) is 2.68. The van der Waals surface area contributed by atoms with E-state index in [1.54, 1.807) is 0 Å². The molecule has 18 heavy (non-hydrogen) atoms. The Balaban J connectivity index is 1.56. The Morgan fingerprint density at radius 3 is 3.06 bits per heavy atom. The Hall–Kier alpha value is -1.06. The van der Waals surface area contributed by atoms with Gasteiger partial charge in [-0.3, -0.25) is 4.90 Å². The van der Waals surface area contributed by atoms with Crippen LogP contribution in [0.4, 0.5) is 0 Å². The van der Waals surface area contributed by atoms with Gasteiger partial charge >= 0.3 is 0 Å². The smallest absolute Gasteiger partial charge is 0.122 e. The molecule has 0 spiro atoms. The van der Waals surface area contributed by atoms with E-state index in [0.717, 1.165) is 31.4 Å². The normalized spacial score (nSPS) is 21.1. The topological polar surface area (TPSA) is 28.4 Å². The third-order valence-corrected chi connectivity index (χ3v) is 3.88. The maximum Gasteiger partial charge on any atom is 0.122 e. The molecule has 1 saturated carbocycles. The summed E-state index contributed by atoms with van der Waals surface area (Å²) in [4.78, 5) is 2.48. The van der Waals surface area contributed by atoms with Gasteiger partial charge in [0.25, 0.3) is 0 Å². The van der Waals surface area contributed by atoms with E-state index in [9.17, 15) is 0 Å². The van der Waals surface area contributed by atoms with Gasteiger partial charge in [-0.2, -0.15) is 0 Å². The van der Waals surface area contributed by atoms with Crippen molar-refractivity contribution in [3.63, 3.8) is 0 Å². The lowest BCUT2D eigenvalue weighted by molar-refractivity contribution is 0.283. The molecular weight excluding hydrogens is 224 g/mol. The fraction of sp³-hybridized carbons (Fsp3) is 0.600. The SMILES string of the molecule is CC1=CCN(Cc2ccoc2CNC2CC2)CC1. The Morgan fingerprint density at radius 1 is 1.44 bits per heavy atom. The van der Waals surface area contributed by atoms with Crippen molar-refractivity contribution in [2.24, 2.45) is 0 Å². The second-order valence-electron chi connectivity index (χ2n) is 5.56. The van der Waals surface area contributed by atoms with Crippen LogP contribution in [-0.2, 0) is 13.1 Å². The van der Waals surface area contributed by atoms with Crippen LogP contribution in [-0.4, -0.2) is 24.0 Å². The molecule has 3 nitrogen and oxygen atoms in total. The third kappa shape index (κ3) is 3.03. The van der Waals surface area contributed by atoms with Gasteiger partial charge in [0, 0.05) is 31.2 Å². The number of hydrogen-bond donors (Lipinski definition) is 1. The van der Waals surface area contributed by atoms with Crippen LogP contribution in [0.1, 0.15) is 37.5 Å². The number of nitrogens with one attached hydrogen (secondary N) is 1. The average Bonchev–Trinajstić information content (AvgIpc) is 3.11. The molecule has 3 rings (SSSR count). The van der Waals surface area contributed by atoms with Gasteiger partial charge in [0.1, 0.15) is 5.76 Å². The number of furan rings is 1. The van der Waals surface area contributed by atoms with E-state index >= 15 is 0 Å². The minimum atomic E-state index is 0.739. The van der Waals surface area contributed by atoms with Gasteiger partial charge in [0.05, 0.1) is 12.8 Å². The molecule has 1 aromatic heterocycles. The average molecular weight is 246 g/mol. The van der Waals surface area contributed by atoms with Gasteiger partial charge in [-0.25, -0.2) is 0 Å². The summed E-state index contributed by atoms with van der Waals surface area (Å²) in [5.74, 6) is 1.12. The summed E-state index contributed by atoms with van der Waals surface area (Å²) >= 11 is 0. The lowest BCUT2D eigenvalue weighted by Gasteiger charge is -2.25. The van der Waals surface area contributed by atoms with Gasteiger partial charge in [0.15, 0.2) is 0 Å². The number of nitrogens with zero attached hydrogens (tertiary/aromatic N) is 1. The molecule has 1 aliphatic carbocycles. The predicted molar refractivity (Wildman–Crippen MR) is 72.2 cm³/mol. The first kappa shape index (κ1) is 12.0. The zero-order chi connectivity index (χ0) is 12.4. The largest absolute Gasteiger partial charge is 0.468 e. The monoisotopic (exact) mass is 246 g/mol. The van der Waals surface area contributed by atoms with Crippen molar-refractivity contribution >= 4 is 0 Å². The lowest BCUT2D eigenvalue weighted by atomic mass is 10.1. The molecule has 0 amide bonds. The number of rotatable bonds is 5. The van der Waals surface area contributed by atoms with Crippen LogP contribution >= 0.6 is 0 Å². The maximum atomic E-state index is 5.60. The standard InChI is InChI=1S/C15H22N2O/c1-12-4-7-17(8-5-12)11-13-6-9-18-15(13)10-16-14-2-3-14/h4,6,9,14,16H,2-3,5,7-8,10-11H2,1H3. The van der Waals surface area contributed by atoms with Crippen LogP contribution in [0.15, 0.2) is 28.4 Å². The van der Waals surface area contributed by atoms with Crippen molar-refractivity contribution in [2.75, 3.05) is 13.1 Å². The van der Waals surface area contributed by atoms with Gasteiger partial charge in [0.2, 0.25) is 0 Å². The highest BCUT2D eigenvalue weighted by molar-refractivity contribution is 5.18. The summed E-state index contributed by atoms with van der Waals surface area (Å²) in [6.45, 7) is 6.37. The second kappa shape index (κ2) is 5.29. The quantitative estimate of drug-likeness (QED) is 0.810. The summed E-state index contributed by atoms with van der Waals surface area (Å²) in [6, 6.07) is 2.86. The van der Waals surface area contributed by atoms with E-state index in [2.05, 4.69) is 29.3 Å². The molecule has 0 unspecified atom stereocenters. The van der Waals surface area contributed by atoms with E-state index in [1.165, 1.54) is 36.9 Å². The van der Waals surface area contributed by atoms with Crippen molar-refractivity contribution < 1.29 is 4.42 Å². The minimum Gasteiger partial charge on any atom is -0.468 e. The molecule has 0 bridgehead atoms.